The summed E-state index contributed by atoms with van der Waals surface area (Å²) in [5.41, 5.74) is 4.20. The number of aryl methyl sites for hydroxylation is 1. The Labute approximate surface area is 169 Å². The summed E-state index contributed by atoms with van der Waals surface area (Å²) < 4.78 is 8.87. The van der Waals surface area contributed by atoms with Gasteiger partial charge in [0.25, 0.3) is 5.56 Å². The van der Waals surface area contributed by atoms with Gasteiger partial charge in [0.15, 0.2) is 5.65 Å². The van der Waals surface area contributed by atoms with E-state index in [2.05, 4.69) is 9.88 Å². The fourth-order valence-corrected chi connectivity index (χ4v) is 3.63. The number of hydrogen-bond acceptors (Lipinski definition) is 5. The normalized spacial score (nSPS) is 11.7. The van der Waals surface area contributed by atoms with Gasteiger partial charge in [-0.1, -0.05) is 30.3 Å². The van der Waals surface area contributed by atoms with Crippen molar-refractivity contribution in [3.8, 4) is 11.1 Å². The van der Waals surface area contributed by atoms with E-state index in [1.165, 1.54) is 0 Å². The molecule has 0 aliphatic rings. The second kappa shape index (κ2) is 8.14. The summed E-state index contributed by atoms with van der Waals surface area (Å²) in [5.74, 6) is 0. The molecule has 0 bridgehead atoms. The summed E-state index contributed by atoms with van der Waals surface area (Å²) in [7, 11) is 5.71. The van der Waals surface area contributed by atoms with E-state index >= 15 is 0 Å². The highest BCUT2D eigenvalue weighted by Crippen LogP contribution is 2.29. The number of fused-ring (bicyclic) bond motifs is 3. The Bertz CT molecular complexity index is 1190. The van der Waals surface area contributed by atoms with E-state index < -0.39 is 0 Å². The molecule has 0 atom stereocenters. The Morgan fingerprint density at radius 3 is 2.66 bits per heavy atom. The number of methoxy groups -OCH3 is 1. The van der Waals surface area contributed by atoms with Gasteiger partial charge in [-0.15, -0.1) is 0 Å². The predicted octanol–water partition coefficient (Wildman–Crippen LogP) is 2.81. The molecule has 0 fully saturated rings. The smallest absolute Gasteiger partial charge is 0.261 e. The van der Waals surface area contributed by atoms with E-state index in [0.29, 0.717) is 18.5 Å². The first-order chi connectivity index (χ1) is 14.1. The highest BCUT2D eigenvalue weighted by Gasteiger charge is 2.18. The Hall–Kier alpha value is -3.03. The number of pyridine rings is 1. The molecular weight excluding hydrogens is 366 g/mol. The monoisotopic (exact) mass is 391 g/mol. The molecule has 0 aliphatic heterocycles. The van der Waals surface area contributed by atoms with Crippen LogP contribution in [0.15, 0.2) is 53.6 Å². The van der Waals surface area contributed by atoms with Crippen molar-refractivity contribution in [1.82, 2.24) is 24.1 Å². The average Bonchev–Trinajstić information content (AvgIpc) is 3.09. The fourth-order valence-electron chi connectivity index (χ4n) is 3.63. The fraction of sp³-hybridized carbons (Fsp3) is 0.318. The van der Waals surface area contributed by atoms with Crippen LogP contribution >= 0.6 is 0 Å². The standard InChI is InChI=1S/C22H25N5O2/c1-25(2)11-7-12-26-13-10-19-17(22(26)28)14-23-21-20(16-8-5-4-6-9-16)18(15-29-3)24-27(19)21/h4-6,8-10,13-14H,7,11-12,15H2,1-3H3. The summed E-state index contributed by atoms with van der Waals surface area (Å²) in [5, 5.41) is 5.30. The lowest BCUT2D eigenvalue weighted by atomic mass is 10.1. The molecule has 0 radical (unpaired) electrons. The second-order valence-corrected chi connectivity index (χ2v) is 7.38. The van der Waals surface area contributed by atoms with Crippen molar-refractivity contribution in [2.75, 3.05) is 27.7 Å². The number of ether oxygens (including phenoxy) is 1. The molecular formula is C22H25N5O2. The van der Waals surface area contributed by atoms with Gasteiger partial charge in [0.1, 0.15) is 0 Å². The zero-order valence-electron chi connectivity index (χ0n) is 17.0. The summed E-state index contributed by atoms with van der Waals surface area (Å²) in [6.07, 6.45) is 4.42. The third-order valence-electron chi connectivity index (χ3n) is 5.01. The van der Waals surface area contributed by atoms with Crippen LogP contribution in [0, 0.1) is 0 Å². The molecule has 7 heteroatoms. The molecule has 29 heavy (non-hydrogen) atoms. The van der Waals surface area contributed by atoms with Gasteiger partial charge in [0.05, 0.1) is 28.8 Å². The van der Waals surface area contributed by atoms with Crippen LogP contribution < -0.4 is 5.56 Å². The van der Waals surface area contributed by atoms with E-state index in [-0.39, 0.29) is 5.56 Å². The van der Waals surface area contributed by atoms with E-state index in [9.17, 15) is 4.79 Å². The van der Waals surface area contributed by atoms with Crippen LogP contribution in [-0.4, -0.2) is 51.8 Å². The minimum Gasteiger partial charge on any atom is -0.378 e. The summed E-state index contributed by atoms with van der Waals surface area (Å²) >= 11 is 0. The Balaban J connectivity index is 1.86. The molecule has 1 aromatic carbocycles. The Morgan fingerprint density at radius 1 is 1.14 bits per heavy atom. The quantitative estimate of drug-likeness (QED) is 0.485. The van der Waals surface area contributed by atoms with Gasteiger partial charge in [-0.25, -0.2) is 9.50 Å². The third kappa shape index (κ3) is 3.66. The van der Waals surface area contributed by atoms with Crippen LogP contribution in [0.4, 0.5) is 0 Å². The molecule has 4 rings (SSSR count). The molecule has 150 valence electrons. The number of rotatable bonds is 7. The predicted molar refractivity (Wildman–Crippen MR) is 114 cm³/mol. The van der Waals surface area contributed by atoms with Crippen LogP contribution in [0.25, 0.3) is 27.7 Å². The first kappa shape index (κ1) is 19.3. The van der Waals surface area contributed by atoms with Crippen molar-refractivity contribution in [1.29, 1.82) is 0 Å². The second-order valence-electron chi connectivity index (χ2n) is 7.38. The molecule has 0 N–H and O–H groups in total. The zero-order chi connectivity index (χ0) is 20.4. The Morgan fingerprint density at radius 2 is 1.93 bits per heavy atom. The molecule has 3 aromatic heterocycles. The number of aromatic nitrogens is 4. The highest BCUT2D eigenvalue weighted by molar-refractivity contribution is 5.86. The first-order valence-electron chi connectivity index (χ1n) is 9.69. The first-order valence-corrected chi connectivity index (χ1v) is 9.69. The minimum absolute atomic E-state index is 0.0410. The Kier molecular flexibility index (Phi) is 5.42. The lowest BCUT2D eigenvalue weighted by molar-refractivity contribution is 0.181. The number of hydrogen-bond donors (Lipinski definition) is 0. The molecule has 4 aromatic rings. The van der Waals surface area contributed by atoms with Gasteiger partial charge < -0.3 is 14.2 Å². The van der Waals surface area contributed by atoms with Crippen LogP contribution in [0.1, 0.15) is 12.1 Å². The van der Waals surface area contributed by atoms with Gasteiger partial charge in [0, 0.05) is 26.0 Å². The molecule has 0 unspecified atom stereocenters. The molecule has 0 saturated carbocycles. The summed E-state index contributed by atoms with van der Waals surface area (Å²) in [6, 6.07) is 12.0. The largest absolute Gasteiger partial charge is 0.378 e. The minimum atomic E-state index is -0.0410. The zero-order valence-corrected chi connectivity index (χ0v) is 17.0. The maximum atomic E-state index is 13.0. The van der Waals surface area contributed by atoms with E-state index in [4.69, 9.17) is 9.84 Å². The SMILES string of the molecule is COCc1nn2c(ncc3c(=O)n(CCCN(C)C)ccc32)c1-c1ccccc1. The highest BCUT2D eigenvalue weighted by atomic mass is 16.5. The summed E-state index contributed by atoms with van der Waals surface area (Å²) in [6.45, 7) is 1.98. The topological polar surface area (TPSA) is 64.7 Å². The number of nitrogens with zero attached hydrogens (tertiary/aromatic N) is 5. The average molecular weight is 391 g/mol. The van der Waals surface area contributed by atoms with Crippen molar-refractivity contribution in [2.24, 2.45) is 0 Å². The van der Waals surface area contributed by atoms with Crippen molar-refractivity contribution >= 4 is 16.6 Å². The van der Waals surface area contributed by atoms with Crippen molar-refractivity contribution < 1.29 is 4.74 Å². The van der Waals surface area contributed by atoms with Gasteiger partial charge in [-0.05, 0) is 38.7 Å². The molecule has 0 aliphatic carbocycles. The lowest BCUT2D eigenvalue weighted by Crippen LogP contribution is -2.23. The molecule has 0 saturated heterocycles. The summed E-state index contributed by atoms with van der Waals surface area (Å²) in [4.78, 5) is 19.7. The van der Waals surface area contributed by atoms with E-state index in [1.807, 2.05) is 56.7 Å². The maximum Gasteiger partial charge on any atom is 0.261 e. The lowest BCUT2D eigenvalue weighted by Gasteiger charge is -2.11. The van der Waals surface area contributed by atoms with Gasteiger partial charge in [0.2, 0.25) is 0 Å². The maximum absolute atomic E-state index is 13.0. The van der Waals surface area contributed by atoms with Crippen molar-refractivity contribution in [3.63, 3.8) is 0 Å². The van der Waals surface area contributed by atoms with Crippen LogP contribution in [0.5, 0.6) is 0 Å². The van der Waals surface area contributed by atoms with Crippen LogP contribution in [-0.2, 0) is 17.9 Å². The van der Waals surface area contributed by atoms with E-state index in [1.54, 1.807) is 22.4 Å². The third-order valence-corrected chi connectivity index (χ3v) is 5.01. The van der Waals surface area contributed by atoms with Gasteiger partial charge in [-0.3, -0.25) is 4.79 Å². The molecule has 0 spiro atoms. The number of benzene rings is 1. The van der Waals surface area contributed by atoms with E-state index in [0.717, 1.165) is 41.0 Å². The molecule has 0 amide bonds. The molecule has 3 heterocycles. The molecule has 7 nitrogen and oxygen atoms in total. The van der Waals surface area contributed by atoms with Crippen molar-refractivity contribution in [2.45, 2.75) is 19.6 Å². The van der Waals surface area contributed by atoms with Gasteiger partial charge in [-0.2, -0.15) is 5.10 Å². The van der Waals surface area contributed by atoms with Gasteiger partial charge >= 0.3 is 0 Å². The van der Waals surface area contributed by atoms with Crippen molar-refractivity contribution in [3.05, 3.63) is 64.8 Å². The van der Waals surface area contributed by atoms with Crippen LogP contribution in [0.2, 0.25) is 0 Å². The van der Waals surface area contributed by atoms with Crippen LogP contribution in [0.3, 0.4) is 0 Å².